The molecular formula is C10H12BrN5O. The van der Waals surface area contributed by atoms with Crippen molar-refractivity contribution < 1.29 is 4.79 Å². The number of nitrogens with one attached hydrogen (secondary N) is 1. The van der Waals surface area contributed by atoms with Crippen LogP contribution in [0.1, 0.15) is 16.1 Å². The summed E-state index contributed by atoms with van der Waals surface area (Å²) < 4.78 is 3.96. The first-order valence-corrected chi connectivity index (χ1v) is 5.80. The molecule has 0 saturated carbocycles. The van der Waals surface area contributed by atoms with Gasteiger partial charge in [-0.1, -0.05) is 0 Å². The third-order valence-electron chi connectivity index (χ3n) is 2.21. The quantitative estimate of drug-likeness (QED) is 0.913. The van der Waals surface area contributed by atoms with Crippen LogP contribution in [0.25, 0.3) is 0 Å². The summed E-state index contributed by atoms with van der Waals surface area (Å²) >= 11 is 3.29. The molecule has 7 heteroatoms. The maximum Gasteiger partial charge on any atom is 0.273 e. The van der Waals surface area contributed by atoms with Gasteiger partial charge in [-0.05, 0) is 15.9 Å². The Kier molecular flexibility index (Phi) is 3.28. The molecule has 0 fully saturated rings. The summed E-state index contributed by atoms with van der Waals surface area (Å²) in [6, 6.07) is 0. The van der Waals surface area contributed by atoms with E-state index in [-0.39, 0.29) is 5.91 Å². The molecule has 0 spiro atoms. The highest BCUT2D eigenvalue weighted by molar-refractivity contribution is 9.10. The lowest BCUT2D eigenvalue weighted by Crippen LogP contribution is -2.23. The lowest BCUT2D eigenvalue weighted by atomic mass is 10.3. The maximum atomic E-state index is 11.8. The van der Waals surface area contributed by atoms with Crippen molar-refractivity contribution in [3.63, 3.8) is 0 Å². The van der Waals surface area contributed by atoms with Crippen molar-refractivity contribution in [3.8, 4) is 0 Å². The number of rotatable bonds is 3. The molecule has 2 aromatic rings. The molecule has 0 aliphatic carbocycles. The van der Waals surface area contributed by atoms with Crippen molar-refractivity contribution in [1.82, 2.24) is 24.9 Å². The lowest BCUT2D eigenvalue weighted by molar-refractivity contribution is 0.0944. The van der Waals surface area contributed by atoms with Crippen molar-refractivity contribution >= 4 is 21.8 Å². The molecule has 0 aliphatic rings. The minimum atomic E-state index is -0.207. The van der Waals surface area contributed by atoms with Crippen LogP contribution in [0.3, 0.4) is 0 Å². The Morgan fingerprint density at radius 3 is 2.71 bits per heavy atom. The fourth-order valence-electron chi connectivity index (χ4n) is 1.44. The van der Waals surface area contributed by atoms with E-state index in [4.69, 9.17) is 0 Å². The van der Waals surface area contributed by atoms with Crippen molar-refractivity contribution in [2.45, 2.75) is 6.54 Å². The third-order valence-corrected chi connectivity index (χ3v) is 2.79. The van der Waals surface area contributed by atoms with Crippen molar-refractivity contribution in [3.05, 3.63) is 34.3 Å². The van der Waals surface area contributed by atoms with Gasteiger partial charge in [0, 0.05) is 38.6 Å². The normalized spacial score (nSPS) is 10.5. The van der Waals surface area contributed by atoms with Gasteiger partial charge in [-0.2, -0.15) is 10.2 Å². The zero-order valence-electron chi connectivity index (χ0n) is 9.51. The van der Waals surface area contributed by atoms with Gasteiger partial charge in [0.1, 0.15) is 0 Å². The van der Waals surface area contributed by atoms with E-state index < -0.39 is 0 Å². The van der Waals surface area contributed by atoms with Gasteiger partial charge >= 0.3 is 0 Å². The molecule has 0 saturated heterocycles. The molecule has 1 N–H and O–H groups in total. The highest BCUT2D eigenvalue weighted by Gasteiger charge is 2.13. The second kappa shape index (κ2) is 4.70. The molecule has 6 nitrogen and oxygen atoms in total. The Hall–Kier alpha value is -1.63. The minimum absolute atomic E-state index is 0.207. The Labute approximate surface area is 107 Å². The largest absolute Gasteiger partial charge is 0.346 e. The van der Waals surface area contributed by atoms with Gasteiger partial charge in [0.15, 0.2) is 5.69 Å². The summed E-state index contributed by atoms with van der Waals surface area (Å²) in [6.45, 7) is 0.440. The molecule has 0 aliphatic heterocycles. The summed E-state index contributed by atoms with van der Waals surface area (Å²) in [5.74, 6) is -0.207. The number of halogens is 1. The molecule has 17 heavy (non-hydrogen) atoms. The van der Waals surface area contributed by atoms with E-state index in [1.165, 1.54) is 0 Å². The van der Waals surface area contributed by atoms with Crippen LogP contribution >= 0.6 is 15.9 Å². The standard InChI is InChI=1S/C10H12BrN5O/c1-15-5-7(4-13-15)3-12-10(17)9-8(11)6-16(2)14-9/h4-6H,3H2,1-2H3,(H,12,17). The Bertz CT molecular complexity index is 545. The number of nitrogens with zero attached hydrogens (tertiary/aromatic N) is 4. The highest BCUT2D eigenvalue weighted by Crippen LogP contribution is 2.13. The van der Waals surface area contributed by atoms with Crippen LogP contribution in [-0.2, 0) is 20.6 Å². The van der Waals surface area contributed by atoms with Crippen LogP contribution in [0.4, 0.5) is 0 Å². The second-order valence-corrected chi connectivity index (χ2v) is 4.56. The van der Waals surface area contributed by atoms with Crippen molar-refractivity contribution in [1.29, 1.82) is 0 Å². The number of amides is 1. The monoisotopic (exact) mass is 297 g/mol. The number of carbonyl (C=O) groups excluding carboxylic acids is 1. The van der Waals surface area contributed by atoms with Gasteiger partial charge in [-0.15, -0.1) is 0 Å². The SMILES string of the molecule is Cn1cc(CNC(=O)c2nn(C)cc2Br)cn1. The third kappa shape index (κ3) is 2.73. The minimum Gasteiger partial charge on any atom is -0.346 e. The number of hydrogen-bond acceptors (Lipinski definition) is 3. The first-order valence-electron chi connectivity index (χ1n) is 5.01. The zero-order chi connectivity index (χ0) is 12.4. The first kappa shape index (κ1) is 11.8. The first-order chi connectivity index (χ1) is 8.06. The smallest absolute Gasteiger partial charge is 0.273 e. The van der Waals surface area contributed by atoms with E-state index in [1.54, 1.807) is 28.8 Å². The highest BCUT2D eigenvalue weighted by atomic mass is 79.9. The average molecular weight is 298 g/mol. The predicted molar refractivity (Wildman–Crippen MR) is 65.3 cm³/mol. The van der Waals surface area contributed by atoms with Crippen LogP contribution in [0.15, 0.2) is 23.1 Å². The Morgan fingerprint density at radius 1 is 1.41 bits per heavy atom. The number of carbonyl (C=O) groups is 1. The van der Waals surface area contributed by atoms with Crippen molar-refractivity contribution in [2.24, 2.45) is 14.1 Å². The van der Waals surface area contributed by atoms with Gasteiger partial charge in [0.05, 0.1) is 10.7 Å². The maximum absolute atomic E-state index is 11.8. The molecule has 2 aromatic heterocycles. The summed E-state index contributed by atoms with van der Waals surface area (Å²) in [5.41, 5.74) is 1.34. The van der Waals surface area contributed by atoms with Gasteiger partial charge < -0.3 is 5.32 Å². The summed E-state index contributed by atoms with van der Waals surface area (Å²) in [4.78, 5) is 11.8. The molecule has 0 radical (unpaired) electrons. The zero-order valence-corrected chi connectivity index (χ0v) is 11.1. The van der Waals surface area contributed by atoms with Gasteiger partial charge in [0.25, 0.3) is 5.91 Å². The van der Waals surface area contributed by atoms with Crippen molar-refractivity contribution in [2.75, 3.05) is 0 Å². The van der Waals surface area contributed by atoms with Gasteiger partial charge in [0.2, 0.25) is 0 Å². The van der Waals surface area contributed by atoms with E-state index in [0.29, 0.717) is 16.7 Å². The molecular weight excluding hydrogens is 286 g/mol. The van der Waals surface area contributed by atoms with E-state index in [0.717, 1.165) is 5.56 Å². The predicted octanol–water partition coefficient (Wildman–Crippen LogP) is 0.846. The molecule has 0 aromatic carbocycles. The fourth-order valence-corrected chi connectivity index (χ4v) is 2.00. The molecule has 1 amide bonds. The summed E-state index contributed by atoms with van der Waals surface area (Å²) in [7, 11) is 3.60. The van der Waals surface area contributed by atoms with Crippen LogP contribution in [0, 0.1) is 0 Å². The van der Waals surface area contributed by atoms with E-state index in [2.05, 4.69) is 31.4 Å². The van der Waals surface area contributed by atoms with Crippen LogP contribution in [0.5, 0.6) is 0 Å². The van der Waals surface area contributed by atoms with Crippen LogP contribution in [0.2, 0.25) is 0 Å². The number of aryl methyl sites for hydroxylation is 2. The van der Waals surface area contributed by atoms with Gasteiger partial charge in [-0.25, -0.2) is 0 Å². The number of aromatic nitrogens is 4. The molecule has 2 heterocycles. The van der Waals surface area contributed by atoms with Crippen LogP contribution in [-0.4, -0.2) is 25.5 Å². The number of hydrogen-bond donors (Lipinski definition) is 1. The molecule has 0 unspecified atom stereocenters. The molecule has 2 rings (SSSR count). The topological polar surface area (TPSA) is 64.7 Å². The Balaban J connectivity index is 2.00. The van der Waals surface area contributed by atoms with E-state index in [9.17, 15) is 4.79 Å². The summed E-state index contributed by atoms with van der Waals surface area (Å²) in [5, 5.41) is 10.9. The molecule has 0 bridgehead atoms. The Morgan fingerprint density at radius 2 is 2.18 bits per heavy atom. The van der Waals surface area contributed by atoms with Gasteiger partial charge in [-0.3, -0.25) is 14.2 Å². The second-order valence-electron chi connectivity index (χ2n) is 3.70. The summed E-state index contributed by atoms with van der Waals surface area (Å²) in [6.07, 6.45) is 5.31. The lowest BCUT2D eigenvalue weighted by Gasteiger charge is -2.00. The molecule has 90 valence electrons. The van der Waals surface area contributed by atoms with E-state index >= 15 is 0 Å². The fraction of sp³-hybridized carbons (Fsp3) is 0.300. The van der Waals surface area contributed by atoms with E-state index in [1.807, 2.05) is 13.2 Å². The molecule has 0 atom stereocenters. The van der Waals surface area contributed by atoms with Crippen LogP contribution < -0.4 is 5.32 Å². The average Bonchev–Trinajstić information content (AvgIpc) is 2.81.